The third kappa shape index (κ3) is 3.61. The van der Waals surface area contributed by atoms with Crippen LogP contribution in [0.25, 0.3) is 0 Å². The van der Waals surface area contributed by atoms with Gasteiger partial charge in [-0.2, -0.15) is 12.6 Å². The Labute approximate surface area is 93.5 Å². The largest absolute Gasteiger partial charge is 0.385 e. The van der Waals surface area contributed by atoms with Crippen molar-refractivity contribution >= 4 is 34.2 Å². The van der Waals surface area contributed by atoms with Gasteiger partial charge in [0.2, 0.25) is 0 Å². The number of rotatable bonds is 4. The lowest BCUT2D eigenvalue weighted by molar-refractivity contribution is 0.995. The lowest BCUT2D eigenvalue weighted by atomic mass is 10.2. The smallest absolute Gasteiger partial charge is 0.0351 e. The minimum atomic E-state index is 0.931. The van der Waals surface area contributed by atoms with Crippen molar-refractivity contribution in [1.82, 2.24) is 0 Å². The molecule has 0 heterocycles. The first-order valence-corrected chi connectivity index (χ1v) is 5.77. The lowest BCUT2D eigenvalue weighted by Crippen LogP contribution is -2.01. The molecule has 0 radical (unpaired) electrons. The fourth-order valence-corrected chi connectivity index (χ4v) is 1.55. The quantitative estimate of drug-likeness (QED) is 0.623. The zero-order valence-corrected chi connectivity index (χ0v) is 10.2. The number of halogens is 1. The summed E-state index contributed by atoms with van der Waals surface area (Å²) in [5, 5.41) is 3.33. The highest BCUT2D eigenvalue weighted by atomic mass is 79.9. The average Bonchev–Trinajstić information content (AvgIpc) is 2.12. The number of anilines is 1. The van der Waals surface area contributed by atoms with E-state index in [9.17, 15) is 0 Å². The maximum atomic E-state index is 4.15. The van der Waals surface area contributed by atoms with Crippen LogP contribution in [-0.4, -0.2) is 12.3 Å². The molecule has 0 aliphatic rings. The summed E-state index contributed by atoms with van der Waals surface area (Å²) in [6.45, 7) is 3.07. The fraction of sp³-hybridized carbons (Fsp3) is 0.400. The topological polar surface area (TPSA) is 12.0 Å². The first kappa shape index (κ1) is 10.9. The summed E-state index contributed by atoms with van der Waals surface area (Å²) in [6.07, 6.45) is 1.09. The van der Waals surface area contributed by atoms with Crippen molar-refractivity contribution < 1.29 is 0 Å². The van der Waals surface area contributed by atoms with Crippen molar-refractivity contribution in [2.75, 3.05) is 17.6 Å². The molecule has 0 atom stereocenters. The van der Waals surface area contributed by atoms with Crippen LogP contribution in [0.5, 0.6) is 0 Å². The van der Waals surface area contributed by atoms with Gasteiger partial charge in [0.15, 0.2) is 0 Å². The molecule has 3 heteroatoms. The molecule has 0 aromatic heterocycles. The predicted octanol–water partition coefficient (Wildman–Crippen LogP) is 3.49. The van der Waals surface area contributed by atoms with Gasteiger partial charge in [0.05, 0.1) is 0 Å². The van der Waals surface area contributed by atoms with Crippen molar-refractivity contribution in [3.8, 4) is 0 Å². The molecule has 0 bridgehead atoms. The molecule has 1 rings (SSSR count). The minimum Gasteiger partial charge on any atom is -0.385 e. The Morgan fingerprint density at radius 3 is 2.85 bits per heavy atom. The summed E-state index contributed by atoms with van der Waals surface area (Å²) < 4.78 is 1.16. The summed E-state index contributed by atoms with van der Waals surface area (Å²) >= 11 is 7.65. The van der Waals surface area contributed by atoms with Gasteiger partial charge in [-0.3, -0.25) is 0 Å². The van der Waals surface area contributed by atoms with Crippen molar-refractivity contribution in [1.29, 1.82) is 0 Å². The molecule has 1 N–H and O–H groups in total. The molecule has 0 aliphatic heterocycles. The van der Waals surface area contributed by atoms with Crippen LogP contribution in [0.3, 0.4) is 0 Å². The van der Waals surface area contributed by atoms with E-state index in [1.54, 1.807) is 0 Å². The fourth-order valence-electron chi connectivity index (χ4n) is 1.01. The number of aryl methyl sites for hydroxylation is 1. The van der Waals surface area contributed by atoms with Crippen molar-refractivity contribution in [2.45, 2.75) is 13.3 Å². The van der Waals surface area contributed by atoms with Gasteiger partial charge in [0, 0.05) is 16.7 Å². The summed E-state index contributed by atoms with van der Waals surface area (Å²) in [7, 11) is 0. The third-order valence-electron chi connectivity index (χ3n) is 1.84. The number of hydrogen-bond donors (Lipinski definition) is 2. The number of nitrogens with one attached hydrogen (secondary N) is 1. The highest BCUT2D eigenvalue weighted by Gasteiger charge is 1.95. The molecule has 0 fully saturated rings. The summed E-state index contributed by atoms with van der Waals surface area (Å²) in [5.74, 6) is 0.931. The van der Waals surface area contributed by atoms with Gasteiger partial charge < -0.3 is 5.32 Å². The first-order valence-electron chi connectivity index (χ1n) is 4.35. The van der Waals surface area contributed by atoms with Crippen LogP contribution in [0, 0.1) is 6.92 Å². The Morgan fingerprint density at radius 1 is 1.46 bits per heavy atom. The molecule has 1 nitrogen and oxygen atoms in total. The summed E-state index contributed by atoms with van der Waals surface area (Å²) in [4.78, 5) is 0. The van der Waals surface area contributed by atoms with Gasteiger partial charge in [0.25, 0.3) is 0 Å². The second kappa shape index (κ2) is 5.55. The molecule has 0 saturated carbocycles. The highest BCUT2D eigenvalue weighted by Crippen LogP contribution is 2.20. The van der Waals surface area contributed by atoms with Crippen LogP contribution < -0.4 is 5.32 Å². The monoisotopic (exact) mass is 259 g/mol. The normalized spacial score (nSPS) is 10.1. The van der Waals surface area contributed by atoms with E-state index in [0.717, 1.165) is 23.2 Å². The van der Waals surface area contributed by atoms with E-state index in [2.05, 4.69) is 59.0 Å². The van der Waals surface area contributed by atoms with E-state index < -0.39 is 0 Å². The van der Waals surface area contributed by atoms with Crippen LogP contribution in [0.15, 0.2) is 22.7 Å². The van der Waals surface area contributed by atoms with Gasteiger partial charge in [0.1, 0.15) is 0 Å². The zero-order valence-electron chi connectivity index (χ0n) is 7.68. The molecule has 13 heavy (non-hydrogen) atoms. The van der Waals surface area contributed by atoms with Crippen LogP contribution >= 0.6 is 28.6 Å². The number of benzene rings is 1. The number of thiol groups is 1. The molecular formula is C10H14BrNS. The Hall–Kier alpha value is -0.150. The molecule has 0 saturated heterocycles. The van der Waals surface area contributed by atoms with Gasteiger partial charge in [-0.15, -0.1) is 0 Å². The molecule has 0 unspecified atom stereocenters. The van der Waals surface area contributed by atoms with E-state index in [1.165, 1.54) is 11.3 Å². The van der Waals surface area contributed by atoms with Crippen LogP contribution in [0.2, 0.25) is 0 Å². The second-order valence-electron chi connectivity index (χ2n) is 2.97. The maximum absolute atomic E-state index is 4.15. The van der Waals surface area contributed by atoms with Crippen molar-refractivity contribution in [3.05, 3.63) is 28.2 Å². The van der Waals surface area contributed by atoms with E-state index in [-0.39, 0.29) is 0 Å². The average molecular weight is 260 g/mol. The lowest BCUT2D eigenvalue weighted by Gasteiger charge is -2.06. The molecule has 72 valence electrons. The second-order valence-corrected chi connectivity index (χ2v) is 4.27. The Balaban J connectivity index is 2.53. The summed E-state index contributed by atoms with van der Waals surface area (Å²) in [6, 6.07) is 6.31. The van der Waals surface area contributed by atoms with E-state index in [0.29, 0.717) is 0 Å². The van der Waals surface area contributed by atoms with Crippen molar-refractivity contribution in [2.24, 2.45) is 0 Å². The third-order valence-corrected chi connectivity index (χ3v) is 3.01. The Kier molecular flexibility index (Phi) is 4.67. The van der Waals surface area contributed by atoms with Gasteiger partial charge in [-0.05, 0) is 36.8 Å². The molecule has 0 spiro atoms. The van der Waals surface area contributed by atoms with E-state index in [1.807, 2.05) is 0 Å². The Bertz CT molecular complexity index is 276. The number of hydrogen-bond acceptors (Lipinski definition) is 2. The standard InChI is InChI=1S/C10H14BrNS/c1-8-3-4-9(7-10(8)11)12-5-2-6-13/h3-4,7,12-13H,2,5-6H2,1H3. The summed E-state index contributed by atoms with van der Waals surface area (Å²) in [5.41, 5.74) is 2.43. The van der Waals surface area contributed by atoms with Gasteiger partial charge >= 0.3 is 0 Å². The highest BCUT2D eigenvalue weighted by molar-refractivity contribution is 9.10. The molecule has 0 amide bonds. The van der Waals surface area contributed by atoms with Crippen LogP contribution in [-0.2, 0) is 0 Å². The predicted molar refractivity (Wildman–Crippen MR) is 65.8 cm³/mol. The first-order chi connectivity index (χ1) is 6.24. The van der Waals surface area contributed by atoms with Gasteiger partial charge in [-0.25, -0.2) is 0 Å². The molecule has 1 aromatic carbocycles. The SMILES string of the molecule is Cc1ccc(NCCCS)cc1Br. The van der Waals surface area contributed by atoms with Crippen LogP contribution in [0.1, 0.15) is 12.0 Å². The Morgan fingerprint density at radius 2 is 2.23 bits per heavy atom. The maximum Gasteiger partial charge on any atom is 0.0351 e. The van der Waals surface area contributed by atoms with E-state index >= 15 is 0 Å². The van der Waals surface area contributed by atoms with Crippen molar-refractivity contribution in [3.63, 3.8) is 0 Å². The molecule has 0 aliphatic carbocycles. The minimum absolute atomic E-state index is 0.931. The zero-order chi connectivity index (χ0) is 9.68. The van der Waals surface area contributed by atoms with E-state index in [4.69, 9.17) is 0 Å². The van der Waals surface area contributed by atoms with Crippen LogP contribution in [0.4, 0.5) is 5.69 Å². The molecular weight excluding hydrogens is 246 g/mol. The molecule has 1 aromatic rings. The van der Waals surface area contributed by atoms with Gasteiger partial charge in [-0.1, -0.05) is 22.0 Å².